The Bertz CT molecular complexity index is 1140. The van der Waals surface area contributed by atoms with E-state index in [2.05, 4.69) is 13.8 Å². The lowest BCUT2D eigenvalue weighted by Crippen LogP contribution is -2.17. The van der Waals surface area contributed by atoms with Gasteiger partial charge >= 0.3 is 7.69 Å². The van der Waals surface area contributed by atoms with Crippen molar-refractivity contribution in [3.8, 4) is 11.5 Å². The Morgan fingerprint density at radius 3 is 1.46 bits per heavy atom. The Morgan fingerprint density at radius 1 is 0.659 bits per heavy atom. The summed E-state index contributed by atoms with van der Waals surface area (Å²) in [5.74, 6) is -5.30. The van der Waals surface area contributed by atoms with Crippen molar-refractivity contribution in [1.82, 2.24) is 0 Å². The SMILES string of the molecule is CCCCOC1CC=C(c2ccc(O[B]Oc3ccc(C4=CCC(OCCCC)CC4)c(F)c3F)c(F)c2F)CC1. The Hall–Kier alpha value is -2.78. The number of halogens is 4. The summed E-state index contributed by atoms with van der Waals surface area (Å²) in [6.07, 6.45) is 12.0. The van der Waals surface area contributed by atoms with E-state index in [4.69, 9.17) is 18.8 Å². The predicted octanol–water partition coefficient (Wildman–Crippen LogP) is 8.74. The van der Waals surface area contributed by atoms with Crippen LogP contribution in [0.3, 0.4) is 0 Å². The minimum absolute atomic E-state index is 0.0912. The molecule has 2 aliphatic rings. The average molecular weight is 573 g/mol. The first-order valence-corrected chi connectivity index (χ1v) is 14.7. The van der Waals surface area contributed by atoms with Gasteiger partial charge in [-0.2, -0.15) is 8.78 Å². The summed E-state index contributed by atoms with van der Waals surface area (Å²) in [5, 5.41) is 0. The van der Waals surface area contributed by atoms with E-state index < -0.39 is 34.8 Å². The van der Waals surface area contributed by atoms with Crippen LogP contribution in [-0.2, 0) is 9.47 Å². The fourth-order valence-electron chi connectivity index (χ4n) is 5.07. The van der Waals surface area contributed by atoms with E-state index in [1.54, 1.807) is 0 Å². The molecule has 221 valence electrons. The van der Waals surface area contributed by atoms with Gasteiger partial charge in [0.1, 0.15) is 11.5 Å². The van der Waals surface area contributed by atoms with E-state index in [-0.39, 0.29) is 23.3 Å². The predicted molar refractivity (Wildman–Crippen MR) is 153 cm³/mol. The fourth-order valence-corrected chi connectivity index (χ4v) is 5.07. The summed E-state index contributed by atoms with van der Waals surface area (Å²) < 4.78 is 81.2. The Kier molecular flexibility index (Phi) is 11.7. The molecule has 2 aromatic carbocycles. The van der Waals surface area contributed by atoms with Crippen LogP contribution in [0.15, 0.2) is 36.4 Å². The summed E-state index contributed by atoms with van der Waals surface area (Å²) in [5.41, 5.74) is 1.77. The van der Waals surface area contributed by atoms with Crippen molar-refractivity contribution < 1.29 is 36.3 Å². The molecule has 0 amide bonds. The molecule has 2 aromatic rings. The first-order valence-electron chi connectivity index (χ1n) is 14.7. The highest BCUT2D eigenvalue weighted by Gasteiger charge is 2.24. The molecule has 0 saturated heterocycles. The number of hydrogen-bond acceptors (Lipinski definition) is 4. The third kappa shape index (κ3) is 8.16. The van der Waals surface area contributed by atoms with Gasteiger partial charge in [-0.05, 0) is 86.8 Å². The van der Waals surface area contributed by atoms with E-state index in [1.165, 1.54) is 24.3 Å². The second-order valence-electron chi connectivity index (χ2n) is 10.5. The maximum Gasteiger partial charge on any atom is 0.658 e. The van der Waals surface area contributed by atoms with Crippen LogP contribution in [0.25, 0.3) is 11.1 Å². The smallest absolute Gasteiger partial charge is 0.524 e. The highest BCUT2D eigenvalue weighted by atomic mass is 19.2. The zero-order valence-corrected chi connectivity index (χ0v) is 23.8. The molecule has 2 unspecified atom stereocenters. The molecule has 0 N–H and O–H groups in total. The van der Waals surface area contributed by atoms with Crippen molar-refractivity contribution >= 4 is 18.8 Å². The third-order valence-corrected chi connectivity index (χ3v) is 7.56. The van der Waals surface area contributed by atoms with Crippen LogP contribution in [0.4, 0.5) is 17.6 Å². The molecule has 41 heavy (non-hydrogen) atoms. The number of hydrogen-bond donors (Lipinski definition) is 0. The second kappa shape index (κ2) is 15.5. The molecular formula is C32H38BF4O4. The summed E-state index contributed by atoms with van der Waals surface area (Å²) in [4.78, 5) is 0. The van der Waals surface area contributed by atoms with Gasteiger partial charge in [0, 0.05) is 24.3 Å². The molecule has 0 fully saturated rings. The number of ether oxygens (including phenoxy) is 2. The lowest BCUT2D eigenvalue weighted by atomic mass is 9.91. The maximum atomic E-state index is 14.9. The third-order valence-electron chi connectivity index (χ3n) is 7.56. The van der Waals surface area contributed by atoms with Gasteiger partial charge in [-0.1, -0.05) is 38.8 Å². The zero-order chi connectivity index (χ0) is 29.2. The van der Waals surface area contributed by atoms with E-state index in [1.807, 2.05) is 12.2 Å². The molecule has 0 spiro atoms. The van der Waals surface area contributed by atoms with Crippen molar-refractivity contribution in [3.05, 3.63) is 70.8 Å². The molecule has 2 atom stereocenters. The molecule has 0 aliphatic heterocycles. The lowest BCUT2D eigenvalue weighted by molar-refractivity contribution is 0.0464. The minimum atomic E-state index is -1.19. The Labute approximate surface area is 241 Å². The van der Waals surface area contributed by atoms with Crippen molar-refractivity contribution in [2.24, 2.45) is 0 Å². The molecule has 1 radical (unpaired) electrons. The van der Waals surface area contributed by atoms with E-state index in [9.17, 15) is 17.6 Å². The van der Waals surface area contributed by atoms with Crippen LogP contribution < -0.4 is 9.31 Å². The molecule has 4 nitrogen and oxygen atoms in total. The van der Waals surface area contributed by atoms with Crippen molar-refractivity contribution in [2.45, 2.75) is 90.3 Å². The van der Waals surface area contributed by atoms with Crippen molar-refractivity contribution in [2.75, 3.05) is 13.2 Å². The molecule has 0 bridgehead atoms. The molecular weight excluding hydrogens is 535 g/mol. The highest BCUT2D eigenvalue weighted by Crippen LogP contribution is 2.35. The molecule has 4 rings (SSSR count). The van der Waals surface area contributed by atoms with Crippen molar-refractivity contribution in [3.63, 3.8) is 0 Å². The lowest BCUT2D eigenvalue weighted by Gasteiger charge is -2.23. The number of rotatable bonds is 14. The van der Waals surface area contributed by atoms with Crippen LogP contribution in [0.2, 0.25) is 0 Å². The minimum Gasteiger partial charge on any atom is -0.524 e. The van der Waals surface area contributed by atoms with Crippen LogP contribution in [0.1, 0.15) is 89.2 Å². The number of benzene rings is 2. The average Bonchev–Trinajstić information content (AvgIpc) is 2.99. The molecule has 0 heterocycles. The van der Waals surface area contributed by atoms with Crippen LogP contribution in [0, 0.1) is 23.3 Å². The molecule has 9 heteroatoms. The van der Waals surface area contributed by atoms with Gasteiger partial charge in [-0.15, -0.1) is 0 Å². The summed E-state index contributed by atoms with van der Waals surface area (Å²) >= 11 is 0. The van der Waals surface area contributed by atoms with E-state index in [0.717, 1.165) is 38.5 Å². The second-order valence-corrected chi connectivity index (χ2v) is 10.5. The molecule has 2 aliphatic carbocycles. The Balaban J connectivity index is 1.32. The summed E-state index contributed by atoms with van der Waals surface area (Å²) in [6, 6.07) is 5.45. The monoisotopic (exact) mass is 573 g/mol. The first kappa shape index (κ1) is 31.2. The standard InChI is InChI=1S/C32H38BF4O4/c1-3-5-19-38-23-11-7-21(8-12-23)25-15-17-27(31(36)29(25)34)40-33-41-28-18-16-26(30(35)32(28)37)22-9-13-24(14-10-22)39-20-6-4-2/h7,9,15-18,23-24H,3-6,8,10-14,19-20H2,1-2H3. The zero-order valence-electron chi connectivity index (χ0n) is 23.8. The molecule has 0 aromatic heterocycles. The topological polar surface area (TPSA) is 36.9 Å². The first-order chi connectivity index (χ1) is 19.9. The number of allylic oxidation sites excluding steroid dienone is 2. The van der Waals surface area contributed by atoms with Crippen molar-refractivity contribution in [1.29, 1.82) is 0 Å². The van der Waals surface area contributed by atoms with Crippen LogP contribution >= 0.6 is 0 Å². The molecule has 0 saturated carbocycles. The normalized spacial score (nSPS) is 19.0. The van der Waals surface area contributed by atoms with Gasteiger partial charge in [-0.25, -0.2) is 8.78 Å². The van der Waals surface area contributed by atoms with Gasteiger partial charge in [0.2, 0.25) is 0 Å². The van der Waals surface area contributed by atoms with Gasteiger partial charge in [-0.3, -0.25) is 0 Å². The largest absolute Gasteiger partial charge is 0.658 e. The fraction of sp³-hybridized carbons (Fsp3) is 0.500. The quantitative estimate of drug-likeness (QED) is 0.129. The number of unbranched alkanes of at least 4 members (excludes halogenated alkanes) is 2. The van der Waals surface area contributed by atoms with Gasteiger partial charge in [0.15, 0.2) is 23.3 Å². The van der Waals surface area contributed by atoms with Gasteiger partial charge < -0.3 is 18.8 Å². The maximum absolute atomic E-state index is 14.9. The summed E-state index contributed by atoms with van der Waals surface area (Å²) in [6.45, 7) is 5.60. The summed E-state index contributed by atoms with van der Waals surface area (Å²) in [7, 11) is 0.658. The van der Waals surface area contributed by atoms with Crippen LogP contribution in [0.5, 0.6) is 11.5 Å². The van der Waals surface area contributed by atoms with Crippen LogP contribution in [-0.4, -0.2) is 33.1 Å². The van der Waals surface area contributed by atoms with E-state index >= 15 is 0 Å². The highest BCUT2D eigenvalue weighted by molar-refractivity contribution is 6.20. The van der Waals surface area contributed by atoms with Gasteiger partial charge in [0.05, 0.1) is 12.2 Å². The Morgan fingerprint density at radius 2 is 1.10 bits per heavy atom. The van der Waals surface area contributed by atoms with Gasteiger partial charge in [0.25, 0.3) is 0 Å². The van der Waals surface area contributed by atoms with E-state index in [0.29, 0.717) is 57.7 Å².